The van der Waals surface area contributed by atoms with Crippen LogP contribution in [0.5, 0.6) is 0 Å². The third kappa shape index (κ3) is 3.07. The molecule has 7 aromatic carbocycles. The van der Waals surface area contributed by atoms with E-state index in [1.807, 2.05) is 0 Å². The first-order valence-corrected chi connectivity index (χ1v) is 16.8. The predicted molar refractivity (Wildman–Crippen MR) is 206 cm³/mol. The lowest BCUT2D eigenvalue weighted by Gasteiger charge is -2.26. The summed E-state index contributed by atoms with van der Waals surface area (Å²) in [5.41, 5.74) is 10.4. The average Bonchev–Trinajstić information content (AvgIpc) is 3.89. The molecule has 0 bridgehead atoms. The van der Waals surface area contributed by atoms with E-state index in [1.165, 1.54) is 75.9 Å². The zero-order chi connectivity index (χ0) is 31.8. The Balaban J connectivity index is 1.34. The highest BCUT2D eigenvalue weighted by atomic mass is 15.2. The fourth-order valence-electron chi connectivity index (χ4n) is 8.90. The number of hydrogen-bond acceptors (Lipinski definition) is 2. The molecule has 0 atom stereocenters. The van der Waals surface area contributed by atoms with Crippen LogP contribution in [-0.2, 0) is 0 Å². The monoisotopic (exact) mass is 622 g/mol. The second-order valence-corrected chi connectivity index (χ2v) is 13.2. The summed E-state index contributed by atoms with van der Waals surface area (Å²) in [7, 11) is 0. The summed E-state index contributed by atoms with van der Waals surface area (Å²) in [6.07, 6.45) is 2.13. The van der Waals surface area contributed by atoms with E-state index in [4.69, 9.17) is 4.98 Å². The van der Waals surface area contributed by atoms with Crippen LogP contribution in [0.3, 0.4) is 0 Å². The van der Waals surface area contributed by atoms with Crippen molar-refractivity contribution in [1.82, 2.24) is 13.8 Å². The average molecular weight is 623 g/mol. The normalized spacial score (nSPS) is 12.5. The van der Waals surface area contributed by atoms with Crippen LogP contribution in [0.15, 0.2) is 158 Å². The smallest absolute Gasteiger partial charge is 0.146 e. The van der Waals surface area contributed by atoms with Gasteiger partial charge in [-0.25, -0.2) is 4.98 Å². The first-order chi connectivity index (χ1) is 24.4. The standard InChI is InChI=1S/C45H26N4/c1-3-14-28(15-4-1)47(29-16-5-2-6-17-29)37-24-12-21-33-35-25-27-13-7-8-18-30(27)39-41-38(48(43(33)37)44(35)39)26-46-45-40(41)34-22-11-20-32-31-19-9-10-23-36(31)49(45)42(32)34/h1-26H. The van der Waals surface area contributed by atoms with Gasteiger partial charge in [0.25, 0.3) is 0 Å². The molecule has 4 nitrogen and oxygen atoms in total. The summed E-state index contributed by atoms with van der Waals surface area (Å²) in [6, 6.07) is 54.9. The number of nitrogens with zero attached hydrogens (tertiary/aromatic N) is 4. The number of para-hydroxylation sites is 5. The van der Waals surface area contributed by atoms with E-state index >= 15 is 0 Å². The van der Waals surface area contributed by atoms with Gasteiger partial charge >= 0.3 is 0 Å². The highest BCUT2D eigenvalue weighted by Gasteiger charge is 2.28. The summed E-state index contributed by atoms with van der Waals surface area (Å²) in [4.78, 5) is 7.74. The molecule has 0 N–H and O–H groups in total. The lowest BCUT2D eigenvalue weighted by molar-refractivity contribution is 1.25. The van der Waals surface area contributed by atoms with Crippen molar-refractivity contribution in [3.63, 3.8) is 0 Å². The molecular formula is C45H26N4. The molecule has 0 unspecified atom stereocenters. The molecule has 12 aromatic rings. The van der Waals surface area contributed by atoms with Crippen molar-refractivity contribution in [3.8, 4) is 0 Å². The fourth-order valence-corrected chi connectivity index (χ4v) is 8.90. The molecule has 49 heavy (non-hydrogen) atoms. The molecule has 0 aliphatic rings. The zero-order valence-electron chi connectivity index (χ0n) is 26.3. The van der Waals surface area contributed by atoms with Crippen LogP contribution in [0.2, 0.25) is 0 Å². The van der Waals surface area contributed by atoms with Gasteiger partial charge in [-0.05, 0) is 53.2 Å². The van der Waals surface area contributed by atoms with E-state index in [-0.39, 0.29) is 0 Å². The number of fused-ring (bicyclic) bond motifs is 15. The maximum absolute atomic E-state index is 5.35. The number of hydrogen-bond donors (Lipinski definition) is 0. The summed E-state index contributed by atoms with van der Waals surface area (Å²) < 4.78 is 4.90. The summed E-state index contributed by atoms with van der Waals surface area (Å²) in [6.45, 7) is 0. The molecule has 12 rings (SSSR count). The number of anilines is 3. The molecule has 226 valence electrons. The van der Waals surface area contributed by atoms with E-state index in [1.54, 1.807) is 0 Å². The van der Waals surface area contributed by atoms with Gasteiger partial charge in [-0.2, -0.15) is 0 Å². The second kappa shape index (κ2) is 9.03. The minimum absolute atomic E-state index is 1.01. The molecule has 0 saturated carbocycles. The topological polar surface area (TPSA) is 24.9 Å². The van der Waals surface area contributed by atoms with E-state index in [0.717, 1.165) is 28.2 Å². The molecular weight excluding hydrogens is 597 g/mol. The minimum Gasteiger partial charge on any atom is -0.308 e. The molecule has 0 fully saturated rings. The van der Waals surface area contributed by atoms with Crippen molar-refractivity contribution in [3.05, 3.63) is 158 Å². The Morgan fingerprint density at radius 3 is 1.84 bits per heavy atom. The van der Waals surface area contributed by atoms with Gasteiger partial charge in [0.15, 0.2) is 0 Å². The van der Waals surface area contributed by atoms with E-state index in [9.17, 15) is 0 Å². The van der Waals surface area contributed by atoms with Gasteiger partial charge in [0.2, 0.25) is 0 Å². The zero-order valence-corrected chi connectivity index (χ0v) is 26.3. The number of benzene rings is 7. The SMILES string of the molecule is c1ccc(N(c2ccccc2)c2cccc3c4cc5ccccc5c5c6c7c8cccc9c%10ccccc%10n(c7ncc6n(c23)c45)c98)cc1. The summed E-state index contributed by atoms with van der Waals surface area (Å²) in [5, 5.41) is 12.6. The molecule has 5 heterocycles. The van der Waals surface area contributed by atoms with E-state index < -0.39 is 0 Å². The van der Waals surface area contributed by atoms with Crippen LogP contribution >= 0.6 is 0 Å². The fraction of sp³-hybridized carbons (Fsp3) is 0. The van der Waals surface area contributed by atoms with E-state index in [2.05, 4.69) is 172 Å². The van der Waals surface area contributed by atoms with Crippen LogP contribution in [0.25, 0.3) is 87.1 Å². The number of rotatable bonds is 3. The van der Waals surface area contributed by atoms with Gasteiger partial charge in [0.1, 0.15) is 5.65 Å². The minimum atomic E-state index is 1.01. The van der Waals surface area contributed by atoms with Gasteiger partial charge in [-0.1, -0.05) is 109 Å². The molecule has 0 aliphatic carbocycles. The maximum atomic E-state index is 5.35. The van der Waals surface area contributed by atoms with Crippen LogP contribution in [0, 0.1) is 0 Å². The summed E-state index contributed by atoms with van der Waals surface area (Å²) >= 11 is 0. The number of aromatic nitrogens is 3. The van der Waals surface area contributed by atoms with Gasteiger partial charge in [-0.15, -0.1) is 0 Å². The molecule has 4 heteroatoms. The van der Waals surface area contributed by atoms with Gasteiger partial charge in [0.05, 0.1) is 39.5 Å². The summed E-state index contributed by atoms with van der Waals surface area (Å²) in [5.74, 6) is 0. The highest BCUT2D eigenvalue weighted by Crippen LogP contribution is 2.50. The Labute approximate surface area is 279 Å². The molecule has 0 aliphatic heterocycles. The van der Waals surface area contributed by atoms with Crippen molar-refractivity contribution in [1.29, 1.82) is 0 Å². The Morgan fingerprint density at radius 1 is 0.408 bits per heavy atom. The van der Waals surface area contributed by atoms with Gasteiger partial charge in [0, 0.05) is 54.5 Å². The third-order valence-corrected chi connectivity index (χ3v) is 10.7. The van der Waals surface area contributed by atoms with E-state index in [0.29, 0.717) is 0 Å². The Morgan fingerprint density at radius 2 is 1.04 bits per heavy atom. The first-order valence-electron chi connectivity index (χ1n) is 16.8. The molecule has 0 spiro atoms. The molecule has 5 aromatic heterocycles. The van der Waals surface area contributed by atoms with Crippen LogP contribution in [0.4, 0.5) is 17.1 Å². The third-order valence-electron chi connectivity index (χ3n) is 10.7. The van der Waals surface area contributed by atoms with Crippen molar-refractivity contribution in [2.45, 2.75) is 0 Å². The number of pyridine rings is 1. The van der Waals surface area contributed by atoms with Gasteiger partial charge in [-0.3, -0.25) is 4.40 Å². The maximum Gasteiger partial charge on any atom is 0.146 e. The lowest BCUT2D eigenvalue weighted by Crippen LogP contribution is -2.10. The molecule has 0 radical (unpaired) electrons. The Hall–Kier alpha value is -6.65. The first kappa shape index (κ1) is 25.4. The van der Waals surface area contributed by atoms with Crippen LogP contribution in [-0.4, -0.2) is 13.8 Å². The Bertz CT molecular complexity index is 3220. The van der Waals surface area contributed by atoms with Crippen LogP contribution < -0.4 is 4.90 Å². The predicted octanol–water partition coefficient (Wildman–Crippen LogP) is 12.0. The van der Waals surface area contributed by atoms with Crippen molar-refractivity contribution in [2.24, 2.45) is 0 Å². The molecule has 0 saturated heterocycles. The molecule has 0 amide bonds. The Kier molecular flexibility index (Phi) is 4.69. The highest BCUT2D eigenvalue weighted by molar-refractivity contribution is 6.39. The second-order valence-electron chi connectivity index (χ2n) is 13.2. The van der Waals surface area contributed by atoms with Crippen molar-refractivity contribution < 1.29 is 0 Å². The van der Waals surface area contributed by atoms with Crippen LogP contribution in [0.1, 0.15) is 0 Å². The van der Waals surface area contributed by atoms with Crippen molar-refractivity contribution >= 4 is 104 Å². The van der Waals surface area contributed by atoms with Gasteiger partial charge < -0.3 is 9.30 Å². The largest absolute Gasteiger partial charge is 0.308 e. The quantitative estimate of drug-likeness (QED) is 0.196. The van der Waals surface area contributed by atoms with Crippen molar-refractivity contribution in [2.75, 3.05) is 4.90 Å². The lowest BCUT2D eigenvalue weighted by atomic mass is 9.98.